The van der Waals surface area contributed by atoms with E-state index in [1.807, 2.05) is 19.4 Å². The average molecular weight is 332 g/mol. The Morgan fingerprint density at radius 2 is 1.96 bits per heavy atom. The number of carbonyl (C=O) groups is 1. The van der Waals surface area contributed by atoms with Gasteiger partial charge >= 0.3 is 5.97 Å². The zero-order valence-corrected chi connectivity index (χ0v) is 13.6. The van der Waals surface area contributed by atoms with E-state index in [1.54, 1.807) is 22.9 Å². The van der Waals surface area contributed by atoms with Crippen molar-refractivity contribution in [3.63, 3.8) is 0 Å². The predicted octanol–water partition coefficient (Wildman–Crippen LogP) is 3.25. The highest BCUT2D eigenvalue weighted by molar-refractivity contribution is 5.94. The van der Waals surface area contributed by atoms with Crippen LogP contribution in [-0.2, 0) is 13.5 Å². The van der Waals surface area contributed by atoms with Crippen LogP contribution in [0.2, 0.25) is 0 Å². The number of aryl methyl sites for hydroxylation is 1. The largest absolute Gasteiger partial charge is 0.478 e. The highest BCUT2D eigenvalue weighted by Gasteiger charge is 2.10. The molecular formula is C19H16N4O2. The molecule has 6 nitrogen and oxygen atoms in total. The first kappa shape index (κ1) is 15.1. The maximum atomic E-state index is 11.2. The summed E-state index contributed by atoms with van der Waals surface area (Å²) in [5, 5.41) is 21.5. The number of nitrogens with one attached hydrogen (secondary N) is 1. The third-order valence-electron chi connectivity index (χ3n) is 4.25. The molecule has 0 unspecified atom stereocenters. The molecule has 2 aromatic heterocycles. The van der Waals surface area contributed by atoms with Gasteiger partial charge in [-0.25, -0.2) is 4.79 Å². The Balaban J connectivity index is 1.62. The topological polar surface area (TPSA) is 83.8 Å². The number of benzene rings is 2. The maximum absolute atomic E-state index is 11.2. The van der Waals surface area contributed by atoms with Gasteiger partial charge in [0.2, 0.25) is 0 Å². The summed E-state index contributed by atoms with van der Waals surface area (Å²) in [6, 6.07) is 13.2. The second kappa shape index (κ2) is 5.90. The molecule has 2 N–H and O–H groups in total. The van der Waals surface area contributed by atoms with Crippen LogP contribution in [-0.4, -0.2) is 31.1 Å². The number of aromatic amines is 1. The van der Waals surface area contributed by atoms with Crippen LogP contribution in [0.15, 0.2) is 54.9 Å². The van der Waals surface area contributed by atoms with Gasteiger partial charge in [0.05, 0.1) is 23.0 Å². The fraction of sp³-hybridized carbons (Fsp3) is 0.105. The van der Waals surface area contributed by atoms with Crippen LogP contribution in [0.1, 0.15) is 21.6 Å². The molecule has 0 aliphatic heterocycles. The molecule has 0 atom stereocenters. The second-order valence-electron chi connectivity index (χ2n) is 6.01. The van der Waals surface area contributed by atoms with E-state index in [2.05, 4.69) is 39.6 Å². The lowest BCUT2D eigenvalue weighted by molar-refractivity contribution is 0.0697. The van der Waals surface area contributed by atoms with Crippen LogP contribution in [0.3, 0.4) is 0 Å². The molecule has 0 bridgehead atoms. The van der Waals surface area contributed by atoms with Crippen molar-refractivity contribution >= 4 is 16.9 Å². The van der Waals surface area contributed by atoms with Gasteiger partial charge in [-0.15, -0.1) is 0 Å². The molecule has 2 heterocycles. The summed E-state index contributed by atoms with van der Waals surface area (Å²) in [6.45, 7) is 0. The third kappa shape index (κ3) is 2.89. The first-order valence-electron chi connectivity index (χ1n) is 7.88. The van der Waals surface area contributed by atoms with E-state index in [9.17, 15) is 4.79 Å². The standard InChI is InChI=1S/C19H16N4O2/c1-23-11-15(10-20-23)13-4-2-12(3-5-13)8-18-16-9-14(19(24)25)6-7-17(16)21-22-18/h2-7,9-11H,8H2,1H3,(H,21,22)(H,24,25). The molecule has 0 saturated heterocycles. The Labute approximate surface area is 143 Å². The summed E-state index contributed by atoms with van der Waals surface area (Å²) in [4.78, 5) is 11.2. The van der Waals surface area contributed by atoms with E-state index >= 15 is 0 Å². The van der Waals surface area contributed by atoms with Gasteiger partial charge in [0, 0.05) is 30.6 Å². The average Bonchev–Trinajstić information content (AvgIpc) is 3.22. The molecule has 0 saturated carbocycles. The molecule has 2 aromatic carbocycles. The Bertz CT molecular complexity index is 1060. The molecular weight excluding hydrogens is 316 g/mol. The number of H-pyrrole nitrogens is 1. The summed E-state index contributed by atoms with van der Waals surface area (Å²) >= 11 is 0. The number of aromatic nitrogens is 4. The molecule has 0 amide bonds. The summed E-state index contributed by atoms with van der Waals surface area (Å²) in [5.74, 6) is -0.935. The fourth-order valence-electron chi connectivity index (χ4n) is 2.91. The Hall–Kier alpha value is -3.41. The lowest BCUT2D eigenvalue weighted by Crippen LogP contribution is -1.95. The molecule has 25 heavy (non-hydrogen) atoms. The first-order chi connectivity index (χ1) is 12.1. The van der Waals surface area contributed by atoms with Gasteiger partial charge in [-0.2, -0.15) is 10.2 Å². The van der Waals surface area contributed by atoms with Gasteiger partial charge in [0.25, 0.3) is 0 Å². The van der Waals surface area contributed by atoms with E-state index in [-0.39, 0.29) is 5.56 Å². The van der Waals surface area contributed by atoms with Gasteiger partial charge in [-0.3, -0.25) is 9.78 Å². The second-order valence-corrected chi connectivity index (χ2v) is 6.01. The monoisotopic (exact) mass is 332 g/mol. The van der Waals surface area contributed by atoms with Gasteiger partial charge in [0.1, 0.15) is 0 Å². The Morgan fingerprint density at radius 1 is 1.16 bits per heavy atom. The summed E-state index contributed by atoms with van der Waals surface area (Å²) in [7, 11) is 1.89. The van der Waals surface area contributed by atoms with Crippen molar-refractivity contribution in [2.24, 2.45) is 7.05 Å². The molecule has 0 fully saturated rings. The quantitative estimate of drug-likeness (QED) is 0.601. The van der Waals surface area contributed by atoms with Crippen LogP contribution in [0.5, 0.6) is 0 Å². The van der Waals surface area contributed by atoms with Crippen LogP contribution in [0, 0.1) is 0 Å². The number of aromatic carboxylic acids is 1. The molecule has 0 radical (unpaired) electrons. The smallest absolute Gasteiger partial charge is 0.335 e. The van der Waals surface area contributed by atoms with Crippen molar-refractivity contribution in [3.05, 3.63) is 71.7 Å². The number of carboxylic acid groups (broad SMARTS) is 1. The highest BCUT2D eigenvalue weighted by atomic mass is 16.4. The lowest BCUT2D eigenvalue weighted by Gasteiger charge is -2.02. The van der Waals surface area contributed by atoms with Crippen LogP contribution >= 0.6 is 0 Å². The number of nitrogens with zero attached hydrogens (tertiary/aromatic N) is 3. The molecule has 0 aliphatic rings. The zero-order valence-electron chi connectivity index (χ0n) is 13.6. The molecule has 124 valence electrons. The number of hydrogen-bond acceptors (Lipinski definition) is 3. The van der Waals surface area contributed by atoms with Gasteiger partial charge in [-0.1, -0.05) is 24.3 Å². The maximum Gasteiger partial charge on any atom is 0.335 e. The van der Waals surface area contributed by atoms with Crippen LogP contribution in [0.4, 0.5) is 0 Å². The summed E-state index contributed by atoms with van der Waals surface area (Å²) in [5.41, 5.74) is 5.24. The Kier molecular flexibility index (Phi) is 3.57. The van der Waals surface area contributed by atoms with Crippen molar-refractivity contribution in [1.29, 1.82) is 0 Å². The minimum Gasteiger partial charge on any atom is -0.478 e. The number of hydrogen-bond donors (Lipinski definition) is 2. The molecule has 0 spiro atoms. The van der Waals surface area contributed by atoms with E-state index in [0.717, 1.165) is 33.3 Å². The fourth-order valence-corrected chi connectivity index (χ4v) is 2.91. The minimum atomic E-state index is -0.935. The van der Waals surface area contributed by atoms with Crippen molar-refractivity contribution < 1.29 is 9.90 Å². The van der Waals surface area contributed by atoms with E-state index in [4.69, 9.17) is 5.11 Å². The van der Waals surface area contributed by atoms with E-state index < -0.39 is 5.97 Å². The molecule has 6 heteroatoms. The number of carboxylic acids is 1. The van der Waals surface area contributed by atoms with Crippen LogP contribution in [0.25, 0.3) is 22.0 Å². The Morgan fingerprint density at radius 3 is 2.64 bits per heavy atom. The lowest BCUT2D eigenvalue weighted by atomic mass is 10.0. The van der Waals surface area contributed by atoms with Crippen LogP contribution < -0.4 is 0 Å². The van der Waals surface area contributed by atoms with Crippen molar-refractivity contribution in [2.45, 2.75) is 6.42 Å². The molecule has 4 aromatic rings. The SMILES string of the molecule is Cn1cc(-c2ccc(Cc3n[nH]c4ccc(C(=O)O)cc34)cc2)cn1. The zero-order chi connectivity index (χ0) is 17.4. The van der Waals surface area contributed by atoms with Crippen molar-refractivity contribution in [2.75, 3.05) is 0 Å². The number of rotatable bonds is 4. The highest BCUT2D eigenvalue weighted by Crippen LogP contribution is 2.23. The molecule has 0 aliphatic carbocycles. The summed E-state index contributed by atoms with van der Waals surface area (Å²) in [6.07, 6.45) is 4.45. The van der Waals surface area contributed by atoms with E-state index in [0.29, 0.717) is 6.42 Å². The predicted molar refractivity (Wildman–Crippen MR) is 94.5 cm³/mol. The van der Waals surface area contributed by atoms with Gasteiger partial charge in [0.15, 0.2) is 0 Å². The van der Waals surface area contributed by atoms with Crippen molar-refractivity contribution in [1.82, 2.24) is 20.0 Å². The van der Waals surface area contributed by atoms with Gasteiger partial charge in [-0.05, 0) is 29.3 Å². The minimum absolute atomic E-state index is 0.266. The van der Waals surface area contributed by atoms with Gasteiger partial charge < -0.3 is 5.11 Å². The summed E-state index contributed by atoms with van der Waals surface area (Å²) < 4.78 is 1.78. The third-order valence-corrected chi connectivity index (χ3v) is 4.25. The van der Waals surface area contributed by atoms with Crippen molar-refractivity contribution in [3.8, 4) is 11.1 Å². The number of fused-ring (bicyclic) bond motifs is 1. The normalized spacial score (nSPS) is 11.1. The first-order valence-corrected chi connectivity index (χ1v) is 7.88. The molecule has 4 rings (SSSR count). The van der Waals surface area contributed by atoms with E-state index in [1.165, 1.54) is 0 Å².